The zero-order valence-corrected chi connectivity index (χ0v) is 17.1. The molecule has 0 N–H and O–H groups in total. The van der Waals surface area contributed by atoms with Crippen LogP contribution in [0.1, 0.15) is 5.56 Å². The van der Waals surface area contributed by atoms with E-state index < -0.39 is 0 Å². The molecule has 5 rings (SSSR count). The van der Waals surface area contributed by atoms with Crippen LogP contribution in [0.15, 0.2) is 81.7 Å². The molecule has 0 aliphatic heterocycles. The summed E-state index contributed by atoms with van der Waals surface area (Å²) in [5.74, 6) is 0.980. The van der Waals surface area contributed by atoms with Gasteiger partial charge in [-0.05, 0) is 11.6 Å². The minimum atomic E-state index is -0.162. The van der Waals surface area contributed by atoms with Crippen LogP contribution < -0.4 is 5.56 Å². The fraction of sp³-hybridized carbons (Fsp3) is 0.143. The van der Waals surface area contributed by atoms with Gasteiger partial charge in [-0.15, -0.1) is 10.2 Å². The van der Waals surface area contributed by atoms with Crippen LogP contribution in [0.5, 0.6) is 0 Å². The molecule has 0 saturated heterocycles. The van der Waals surface area contributed by atoms with Crippen molar-refractivity contribution in [3.63, 3.8) is 0 Å². The van der Waals surface area contributed by atoms with Crippen LogP contribution in [0.25, 0.3) is 22.4 Å². The van der Waals surface area contributed by atoms with Gasteiger partial charge in [-0.1, -0.05) is 60.3 Å². The summed E-state index contributed by atoms with van der Waals surface area (Å²) < 4.78 is 9.03. The maximum Gasteiger partial charge on any atom is 0.276 e. The van der Waals surface area contributed by atoms with Gasteiger partial charge in [-0.25, -0.2) is 9.67 Å². The van der Waals surface area contributed by atoms with Gasteiger partial charge >= 0.3 is 0 Å². The molecule has 0 atom stereocenters. The molecular formula is C21H17N7O2S. The number of fused-ring (bicyclic) bond motifs is 1. The fourth-order valence-corrected chi connectivity index (χ4v) is 3.88. The van der Waals surface area contributed by atoms with Crippen molar-refractivity contribution >= 4 is 22.5 Å². The normalized spacial score (nSPS) is 11.2. The van der Waals surface area contributed by atoms with Gasteiger partial charge in [0, 0.05) is 11.1 Å². The maximum absolute atomic E-state index is 13.0. The Bertz CT molecular complexity index is 1360. The predicted octanol–water partition coefficient (Wildman–Crippen LogP) is 2.88. The number of nitrogens with zero attached hydrogens (tertiary/aromatic N) is 7. The molecule has 2 aromatic carbocycles. The van der Waals surface area contributed by atoms with E-state index in [1.807, 2.05) is 48.5 Å². The molecule has 5 aromatic rings. The molecule has 0 bridgehead atoms. The predicted molar refractivity (Wildman–Crippen MR) is 116 cm³/mol. The van der Waals surface area contributed by atoms with E-state index in [0.29, 0.717) is 40.5 Å². The third-order valence-corrected chi connectivity index (χ3v) is 5.46. The maximum atomic E-state index is 13.0. The number of thioether (sulfide) groups is 1. The molecule has 0 unspecified atom stereocenters. The van der Waals surface area contributed by atoms with Crippen LogP contribution in [-0.4, -0.2) is 40.5 Å². The average molecular weight is 431 g/mol. The first-order chi connectivity index (χ1) is 15.3. The second kappa shape index (κ2) is 8.52. The Morgan fingerprint density at radius 1 is 0.968 bits per heavy atom. The third-order valence-electron chi connectivity index (χ3n) is 4.66. The minimum Gasteiger partial charge on any atom is -0.410 e. The standard InChI is InChI=1S/C21H17N7O2S/c29-20-17-9-5-4-8-16(17)18(26-28(20)12-15-6-2-1-3-7-15)19-24-25-21(30-19)31-11-10-27-14-22-13-23-27/h1-9,13-14H,10-12H2. The van der Waals surface area contributed by atoms with Gasteiger partial charge in [0.1, 0.15) is 12.7 Å². The fourth-order valence-electron chi connectivity index (χ4n) is 3.20. The van der Waals surface area contributed by atoms with Crippen molar-refractivity contribution in [1.82, 2.24) is 34.7 Å². The Kier molecular flexibility index (Phi) is 5.28. The molecular weight excluding hydrogens is 414 g/mol. The number of hydrogen-bond donors (Lipinski definition) is 0. The molecule has 0 fully saturated rings. The summed E-state index contributed by atoms with van der Waals surface area (Å²) in [5, 5.41) is 18.6. The van der Waals surface area contributed by atoms with Crippen molar-refractivity contribution in [3.8, 4) is 11.6 Å². The highest BCUT2D eigenvalue weighted by molar-refractivity contribution is 7.99. The molecule has 9 nitrogen and oxygen atoms in total. The zero-order valence-electron chi connectivity index (χ0n) is 16.3. The number of benzene rings is 2. The van der Waals surface area contributed by atoms with Gasteiger partial charge in [-0.2, -0.15) is 10.2 Å². The Morgan fingerprint density at radius 2 is 1.77 bits per heavy atom. The van der Waals surface area contributed by atoms with Crippen LogP contribution in [0, 0.1) is 0 Å². The molecule has 0 saturated carbocycles. The first-order valence-corrected chi connectivity index (χ1v) is 10.6. The molecule has 10 heteroatoms. The monoisotopic (exact) mass is 431 g/mol. The second-order valence-electron chi connectivity index (χ2n) is 6.72. The van der Waals surface area contributed by atoms with Crippen molar-refractivity contribution < 1.29 is 4.42 Å². The number of aryl methyl sites for hydroxylation is 1. The van der Waals surface area contributed by atoms with E-state index in [-0.39, 0.29) is 11.4 Å². The Hall–Kier alpha value is -3.79. The lowest BCUT2D eigenvalue weighted by molar-refractivity contribution is 0.462. The van der Waals surface area contributed by atoms with E-state index in [0.717, 1.165) is 5.56 Å². The lowest BCUT2D eigenvalue weighted by Gasteiger charge is -2.09. The van der Waals surface area contributed by atoms with Crippen molar-refractivity contribution in [3.05, 3.63) is 83.2 Å². The van der Waals surface area contributed by atoms with Crippen LogP contribution >= 0.6 is 11.8 Å². The number of aromatic nitrogens is 7. The highest BCUT2D eigenvalue weighted by Gasteiger charge is 2.18. The summed E-state index contributed by atoms with van der Waals surface area (Å²) in [7, 11) is 0. The van der Waals surface area contributed by atoms with Crippen LogP contribution in [0.4, 0.5) is 0 Å². The van der Waals surface area contributed by atoms with Gasteiger partial charge in [0.2, 0.25) is 0 Å². The molecule has 0 aliphatic rings. The molecule has 0 amide bonds. The summed E-state index contributed by atoms with van der Waals surface area (Å²) in [6, 6.07) is 17.0. The quantitative estimate of drug-likeness (QED) is 0.362. The van der Waals surface area contributed by atoms with E-state index >= 15 is 0 Å². The minimum absolute atomic E-state index is 0.162. The summed E-state index contributed by atoms with van der Waals surface area (Å²) in [6.07, 6.45) is 3.16. The van der Waals surface area contributed by atoms with Crippen LogP contribution in [-0.2, 0) is 13.1 Å². The highest BCUT2D eigenvalue weighted by Crippen LogP contribution is 2.26. The number of rotatable bonds is 7. The van der Waals surface area contributed by atoms with E-state index in [4.69, 9.17) is 4.42 Å². The summed E-state index contributed by atoms with van der Waals surface area (Å²) in [5.41, 5.74) is 1.31. The van der Waals surface area contributed by atoms with Crippen molar-refractivity contribution in [2.45, 2.75) is 18.3 Å². The van der Waals surface area contributed by atoms with Crippen molar-refractivity contribution in [2.24, 2.45) is 0 Å². The van der Waals surface area contributed by atoms with E-state index in [1.54, 1.807) is 17.1 Å². The third kappa shape index (κ3) is 4.10. The SMILES string of the molecule is O=c1c2ccccc2c(-c2nnc(SCCn3cncn3)o2)nn1Cc1ccccc1. The van der Waals surface area contributed by atoms with Gasteiger partial charge in [0.15, 0.2) is 5.69 Å². The lowest BCUT2D eigenvalue weighted by atomic mass is 10.1. The van der Waals surface area contributed by atoms with Crippen molar-refractivity contribution in [1.29, 1.82) is 0 Å². The highest BCUT2D eigenvalue weighted by atomic mass is 32.2. The molecule has 0 spiro atoms. The summed E-state index contributed by atoms with van der Waals surface area (Å²) in [6.45, 7) is 1.02. The first-order valence-electron chi connectivity index (χ1n) is 9.61. The van der Waals surface area contributed by atoms with Crippen LogP contribution in [0.2, 0.25) is 0 Å². The van der Waals surface area contributed by atoms with Crippen LogP contribution in [0.3, 0.4) is 0 Å². The topological polar surface area (TPSA) is 105 Å². The second-order valence-corrected chi connectivity index (χ2v) is 7.77. The first kappa shape index (κ1) is 19.2. The average Bonchev–Trinajstić information content (AvgIpc) is 3.49. The number of hydrogen-bond acceptors (Lipinski definition) is 8. The van der Waals surface area contributed by atoms with Crippen molar-refractivity contribution in [2.75, 3.05) is 5.75 Å². The molecule has 3 heterocycles. The molecule has 0 aliphatic carbocycles. The van der Waals surface area contributed by atoms with E-state index in [1.165, 1.54) is 22.8 Å². The Balaban J connectivity index is 1.47. The molecule has 31 heavy (non-hydrogen) atoms. The smallest absolute Gasteiger partial charge is 0.276 e. The molecule has 0 radical (unpaired) electrons. The molecule has 3 aromatic heterocycles. The summed E-state index contributed by atoms with van der Waals surface area (Å²) >= 11 is 1.42. The summed E-state index contributed by atoms with van der Waals surface area (Å²) in [4.78, 5) is 16.9. The van der Waals surface area contributed by atoms with Gasteiger partial charge in [0.05, 0.1) is 18.5 Å². The van der Waals surface area contributed by atoms with Gasteiger partial charge in [-0.3, -0.25) is 9.48 Å². The van der Waals surface area contributed by atoms with Gasteiger partial charge < -0.3 is 4.42 Å². The van der Waals surface area contributed by atoms with Gasteiger partial charge in [0.25, 0.3) is 16.7 Å². The Labute approximate surface area is 180 Å². The largest absolute Gasteiger partial charge is 0.410 e. The van der Waals surface area contributed by atoms with E-state index in [9.17, 15) is 4.79 Å². The van der Waals surface area contributed by atoms with E-state index in [2.05, 4.69) is 25.4 Å². The molecule has 154 valence electrons. The Morgan fingerprint density at radius 3 is 2.58 bits per heavy atom. The lowest BCUT2D eigenvalue weighted by Crippen LogP contribution is -2.24. The zero-order chi connectivity index (χ0) is 21.0.